The third kappa shape index (κ3) is 3.93. The van der Waals surface area contributed by atoms with Crippen LogP contribution >= 0.6 is 22.9 Å². The first-order valence-electron chi connectivity index (χ1n) is 7.06. The maximum atomic E-state index is 12.2. The summed E-state index contributed by atoms with van der Waals surface area (Å²) in [5.74, 6) is -0.491. The molecule has 2 aromatic carbocycles. The summed E-state index contributed by atoms with van der Waals surface area (Å²) in [4.78, 5) is 26.9. The molecule has 0 radical (unpaired) electrons. The van der Waals surface area contributed by atoms with Gasteiger partial charge in [0.2, 0.25) is 0 Å². The van der Waals surface area contributed by atoms with Crippen molar-refractivity contribution >= 4 is 40.2 Å². The summed E-state index contributed by atoms with van der Waals surface area (Å²) in [5, 5.41) is 13.9. The lowest BCUT2D eigenvalue weighted by atomic mass is 10.2. The Bertz CT molecular complexity index is 927. The van der Waals surface area contributed by atoms with Crippen molar-refractivity contribution in [3.05, 3.63) is 74.7 Å². The van der Waals surface area contributed by atoms with Crippen molar-refractivity contribution in [1.82, 2.24) is 10.4 Å². The van der Waals surface area contributed by atoms with Crippen LogP contribution in [0.25, 0.3) is 10.6 Å². The number of nitro benzene ring substituents is 1. The maximum Gasteiger partial charge on any atom is 0.294 e. The van der Waals surface area contributed by atoms with E-state index in [4.69, 9.17) is 11.6 Å². The summed E-state index contributed by atoms with van der Waals surface area (Å²) >= 11 is 7.17. The topological polar surface area (TPSA) is 97.2 Å². The van der Waals surface area contributed by atoms with Crippen molar-refractivity contribution < 1.29 is 9.72 Å². The van der Waals surface area contributed by atoms with E-state index in [1.807, 2.05) is 12.1 Å². The normalized spacial score (nSPS) is 10.3. The van der Waals surface area contributed by atoms with Gasteiger partial charge < -0.3 is 0 Å². The lowest BCUT2D eigenvalue weighted by Gasteiger charge is -2.07. The summed E-state index contributed by atoms with van der Waals surface area (Å²) in [6.07, 6.45) is 0. The van der Waals surface area contributed by atoms with Gasteiger partial charge in [0.25, 0.3) is 11.6 Å². The highest BCUT2D eigenvalue weighted by Crippen LogP contribution is 2.25. The molecule has 0 aliphatic rings. The minimum atomic E-state index is -0.532. The van der Waals surface area contributed by atoms with Crippen LogP contribution in [0.4, 0.5) is 11.4 Å². The molecule has 0 atom stereocenters. The van der Waals surface area contributed by atoms with Gasteiger partial charge in [-0.3, -0.25) is 25.8 Å². The van der Waals surface area contributed by atoms with Gasteiger partial charge in [-0.1, -0.05) is 35.9 Å². The number of anilines is 1. The van der Waals surface area contributed by atoms with E-state index in [0.29, 0.717) is 10.0 Å². The van der Waals surface area contributed by atoms with Crippen LogP contribution in [0.2, 0.25) is 5.02 Å². The molecule has 0 aliphatic carbocycles. The largest absolute Gasteiger partial charge is 0.294 e. The van der Waals surface area contributed by atoms with E-state index in [1.54, 1.807) is 29.6 Å². The van der Waals surface area contributed by atoms with E-state index in [2.05, 4.69) is 15.8 Å². The Morgan fingerprint density at radius 3 is 2.60 bits per heavy atom. The molecule has 0 spiro atoms. The second kappa shape index (κ2) is 7.29. The predicted octanol–water partition coefficient (Wildman–Crippen LogP) is 4.13. The van der Waals surface area contributed by atoms with Gasteiger partial charge in [0, 0.05) is 22.0 Å². The smallest absolute Gasteiger partial charge is 0.292 e. The molecule has 0 bridgehead atoms. The molecule has 0 unspecified atom stereocenters. The van der Waals surface area contributed by atoms with Gasteiger partial charge in [0.1, 0.15) is 16.4 Å². The SMILES string of the molecule is O=C(NNc1ccccc1[N+](=O)[O-])c1csc(-c2ccc(Cl)cc2)n1. The molecule has 1 amide bonds. The van der Waals surface area contributed by atoms with Gasteiger partial charge >= 0.3 is 0 Å². The number of carbonyl (C=O) groups is 1. The minimum Gasteiger partial charge on any atom is -0.292 e. The zero-order chi connectivity index (χ0) is 17.8. The van der Waals surface area contributed by atoms with Crippen molar-refractivity contribution in [2.45, 2.75) is 0 Å². The fourth-order valence-electron chi connectivity index (χ4n) is 2.03. The van der Waals surface area contributed by atoms with Crippen LogP contribution in [0.1, 0.15) is 10.5 Å². The van der Waals surface area contributed by atoms with Crippen molar-refractivity contribution in [3.63, 3.8) is 0 Å². The molecule has 126 valence electrons. The Balaban J connectivity index is 1.70. The van der Waals surface area contributed by atoms with Gasteiger partial charge in [0.15, 0.2) is 0 Å². The van der Waals surface area contributed by atoms with Gasteiger partial charge in [-0.25, -0.2) is 4.98 Å². The number of nitrogens with one attached hydrogen (secondary N) is 2. The van der Waals surface area contributed by atoms with Crippen molar-refractivity contribution in [3.8, 4) is 10.6 Å². The highest BCUT2D eigenvalue weighted by atomic mass is 35.5. The second-order valence-corrected chi connectivity index (χ2v) is 6.19. The van der Waals surface area contributed by atoms with E-state index in [0.717, 1.165) is 5.56 Å². The molecule has 0 saturated carbocycles. The average molecular weight is 375 g/mol. The molecule has 7 nitrogen and oxygen atoms in total. The fourth-order valence-corrected chi connectivity index (χ4v) is 2.96. The Kier molecular flexibility index (Phi) is 4.92. The number of hydrogen-bond acceptors (Lipinski definition) is 6. The fraction of sp³-hybridized carbons (Fsp3) is 0. The van der Waals surface area contributed by atoms with Crippen molar-refractivity contribution in [2.24, 2.45) is 0 Å². The molecule has 0 saturated heterocycles. The van der Waals surface area contributed by atoms with Crippen LogP contribution in [0.15, 0.2) is 53.9 Å². The number of hydrogen-bond donors (Lipinski definition) is 2. The molecule has 1 aromatic heterocycles. The highest BCUT2D eigenvalue weighted by molar-refractivity contribution is 7.13. The molecule has 0 aliphatic heterocycles. The number of para-hydroxylation sites is 2. The van der Waals surface area contributed by atoms with E-state index in [-0.39, 0.29) is 17.1 Å². The molecule has 25 heavy (non-hydrogen) atoms. The number of hydrazine groups is 1. The van der Waals surface area contributed by atoms with Gasteiger partial charge in [-0.05, 0) is 18.2 Å². The molecule has 1 heterocycles. The highest BCUT2D eigenvalue weighted by Gasteiger charge is 2.15. The first kappa shape index (κ1) is 16.9. The van der Waals surface area contributed by atoms with Crippen molar-refractivity contribution in [2.75, 3.05) is 5.43 Å². The van der Waals surface area contributed by atoms with Crippen LogP contribution in [0.5, 0.6) is 0 Å². The van der Waals surface area contributed by atoms with Gasteiger partial charge in [0.05, 0.1) is 4.92 Å². The number of benzene rings is 2. The monoisotopic (exact) mass is 374 g/mol. The predicted molar refractivity (Wildman–Crippen MR) is 96.7 cm³/mol. The number of carbonyl (C=O) groups excluding carboxylic acids is 1. The Hall–Kier alpha value is -2.97. The number of amides is 1. The zero-order valence-electron chi connectivity index (χ0n) is 12.6. The zero-order valence-corrected chi connectivity index (χ0v) is 14.2. The average Bonchev–Trinajstić information content (AvgIpc) is 3.10. The molecule has 2 N–H and O–H groups in total. The van der Waals surface area contributed by atoms with Crippen LogP contribution in [-0.4, -0.2) is 15.8 Å². The van der Waals surface area contributed by atoms with E-state index < -0.39 is 10.8 Å². The molecule has 3 aromatic rings. The number of nitrogens with zero attached hydrogens (tertiary/aromatic N) is 2. The maximum absolute atomic E-state index is 12.2. The Morgan fingerprint density at radius 1 is 1.16 bits per heavy atom. The molecular formula is C16H11ClN4O3S. The van der Waals surface area contributed by atoms with E-state index in [9.17, 15) is 14.9 Å². The first-order valence-corrected chi connectivity index (χ1v) is 8.31. The summed E-state index contributed by atoms with van der Waals surface area (Å²) in [6, 6.07) is 13.1. The number of nitro groups is 1. The van der Waals surface area contributed by atoms with Crippen LogP contribution in [-0.2, 0) is 0 Å². The number of thiazole rings is 1. The lowest BCUT2D eigenvalue weighted by Crippen LogP contribution is -2.29. The third-order valence-electron chi connectivity index (χ3n) is 3.24. The molecule has 0 fully saturated rings. The van der Waals surface area contributed by atoms with Gasteiger partial charge in [-0.2, -0.15) is 0 Å². The van der Waals surface area contributed by atoms with Gasteiger partial charge in [-0.15, -0.1) is 11.3 Å². The molecule has 9 heteroatoms. The van der Waals surface area contributed by atoms with Crippen LogP contribution in [0.3, 0.4) is 0 Å². The van der Waals surface area contributed by atoms with Crippen LogP contribution in [0, 0.1) is 10.1 Å². The van der Waals surface area contributed by atoms with E-state index >= 15 is 0 Å². The first-order chi connectivity index (χ1) is 12.0. The van der Waals surface area contributed by atoms with Crippen molar-refractivity contribution in [1.29, 1.82) is 0 Å². The van der Waals surface area contributed by atoms with Crippen LogP contribution < -0.4 is 10.9 Å². The Labute approximate surface area is 151 Å². The molecular weight excluding hydrogens is 364 g/mol. The molecule has 3 rings (SSSR count). The lowest BCUT2D eigenvalue weighted by molar-refractivity contribution is -0.384. The second-order valence-electron chi connectivity index (χ2n) is 4.90. The minimum absolute atomic E-state index is 0.136. The third-order valence-corrected chi connectivity index (χ3v) is 4.38. The summed E-state index contributed by atoms with van der Waals surface area (Å²) in [6.45, 7) is 0. The number of halogens is 1. The standard InChI is InChI=1S/C16H11ClN4O3S/c17-11-7-5-10(6-8-11)16-18-13(9-25-16)15(22)20-19-12-3-1-2-4-14(12)21(23)24/h1-9,19H,(H,20,22). The summed E-state index contributed by atoms with van der Waals surface area (Å²) < 4.78 is 0. The Morgan fingerprint density at radius 2 is 1.88 bits per heavy atom. The van der Waals surface area contributed by atoms with E-state index in [1.165, 1.54) is 23.5 Å². The number of aromatic nitrogens is 1. The number of rotatable bonds is 5. The summed E-state index contributed by atoms with van der Waals surface area (Å²) in [5.41, 5.74) is 6.08. The quantitative estimate of drug-likeness (QED) is 0.517. The summed E-state index contributed by atoms with van der Waals surface area (Å²) in [7, 11) is 0.